The first-order valence-corrected chi connectivity index (χ1v) is 6.96. The van der Waals surface area contributed by atoms with Gasteiger partial charge in [-0.2, -0.15) is 0 Å². The molecule has 1 fully saturated rings. The van der Waals surface area contributed by atoms with Crippen LogP contribution in [0.5, 0.6) is 0 Å². The van der Waals surface area contributed by atoms with Crippen molar-refractivity contribution in [3.05, 3.63) is 11.6 Å². The highest BCUT2D eigenvalue weighted by molar-refractivity contribution is 14.0. The molecule has 0 spiro atoms. The van der Waals surface area contributed by atoms with E-state index in [1.165, 1.54) is 12.8 Å². The topological polar surface area (TPSA) is 76.4 Å². The van der Waals surface area contributed by atoms with Crippen LogP contribution in [0.25, 0.3) is 0 Å². The number of hydrogen-bond acceptors (Lipinski definition) is 4. The second kappa shape index (κ2) is 8.52. The first-order valence-electron chi connectivity index (χ1n) is 6.96. The van der Waals surface area contributed by atoms with Crippen LogP contribution < -0.4 is 10.6 Å². The summed E-state index contributed by atoms with van der Waals surface area (Å²) in [5.41, 5.74) is 0. The molecule has 21 heavy (non-hydrogen) atoms. The maximum absolute atomic E-state index is 5.26. The molecule has 0 saturated heterocycles. The molecule has 120 valence electrons. The van der Waals surface area contributed by atoms with Gasteiger partial charge in [-0.15, -0.1) is 34.2 Å². The summed E-state index contributed by atoms with van der Waals surface area (Å²) in [6.45, 7) is 3.24. The fourth-order valence-corrected chi connectivity index (χ4v) is 2.11. The number of aromatic nitrogens is 3. The molecule has 1 aliphatic carbocycles. The standard InChI is InChI=1S/C13H24N6O.HI/c1-9-17-18-12(19(9)3)7-15-13(14-2)16-11(8-20-4)10-5-6-10;/h10-11H,5-8H2,1-4H3,(H2,14,15,16);1H. The van der Waals surface area contributed by atoms with Crippen molar-refractivity contribution < 1.29 is 4.74 Å². The first kappa shape index (κ1) is 18.1. The molecule has 1 aromatic heterocycles. The number of methoxy groups -OCH3 is 1. The van der Waals surface area contributed by atoms with Gasteiger partial charge in [-0.3, -0.25) is 4.99 Å². The van der Waals surface area contributed by atoms with E-state index in [1.807, 2.05) is 18.5 Å². The van der Waals surface area contributed by atoms with Gasteiger partial charge >= 0.3 is 0 Å². The molecule has 0 radical (unpaired) electrons. The van der Waals surface area contributed by atoms with Crippen LogP contribution in [-0.4, -0.2) is 47.5 Å². The molecule has 0 amide bonds. The number of ether oxygens (including phenoxy) is 1. The van der Waals surface area contributed by atoms with Gasteiger partial charge in [-0.1, -0.05) is 0 Å². The molecule has 1 saturated carbocycles. The van der Waals surface area contributed by atoms with Crippen LogP contribution in [0.3, 0.4) is 0 Å². The molecule has 1 atom stereocenters. The van der Waals surface area contributed by atoms with E-state index >= 15 is 0 Å². The van der Waals surface area contributed by atoms with E-state index in [0.717, 1.165) is 17.6 Å². The number of halogens is 1. The summed E-state index contributed by atoms with van der Waals surface area (Å²) in [5.74, 6) is 3.27. The Labute approximate surface area is 143 Å². The number of nitrogens with zero attached hydrogens (tertiary/aromatic N) is 4. The number of hydrogen-bond donors (Lipinski definition) is 2. The van der Waals surface area contributed by atoms with Crippen molar-refractivity contribution in [2.24, 2.45) is 18.0 Å². The summed E-state index contributed by atoms with van der Waals surface area (Å²) in [5, 5.41) is 14.9. The van der Waals surface area contributed by atoms with E-state index in [9.17, 15) is 0 Å². The Morgan fingerprint density at radius 2 is 2.19 bits per heavy atom. The van der Waals surface area contributed by atoms with Gasteiger partial charge in [-0.25, -0.2) is 0 Å². The molecule has 0 aliphatic heterocycles. The maximum atomic E-state index is 5.26. The van der Waals surface area contributed by atoms with Crippen LogP contribution in [0, 0.1) is 12.8 Å². The second-order valence-corrected chi connectivity index (χ2v) is 5.19. The lowest BCUT2D eigenvalue weighted by atomic mass is 10.2. The number of aliphatic imine (C=N–C) groups is 1. The van der Waals surface area contributed by atoms with Gasteiger partial charge < -0.3 is 19.9 Å². The van der Waals surface area contributed by atoms with Crippen molar-refractivity contribution in [3.63, 3.8) is 0 Å². The lowest BCUT2D eigenvalue weighted by molar-refractivity contribution is 0.165. The molecule has 2 N–H and O–H groups in total. The van der Waals surface area contributed by atoms with Crippen LogP contribution in [0.15, 0.2) is 4.99 Å². The van der Waals surface area contributed by atoms with Crippen LogP contribution >= 0.6 is 24.0 Å². The molecule has 0 aromatic carbocycles. The van der Waals surface area contributed by atoms with E-state index in [1.54, 1.807) is 14.2 Å². The lowest BCUT2D eigenvalue weighted by Gasteiger charge is -2.20. The average Bonchev–Trinajstić information content (AvgIpc) is 3.23. The van der Waals surface area contributed by atoms with Crippen LogP contribution in [-0.2, 0) is 18.3 Å². The second-order valence-electron chi connectivity index (χ2n) is 5.19. The van der Waals surface area contributed by atoms with E-state index in [4.69, 9.17) is 4.74 Å². The van der Waals surface area contributed by atoms with Gasteiger partial charge in [0, 0.05) is 21.2 Å². The zero-order chi connectivity index (χ0) is 14.5. The smallest absolute Gasteiger partial charge is 0.191 e. The number of guanidine groups is 1. The van der Waals surface area contributed by atoms with Gasteiger partial charge in [0.1, 0.15) is 5.82 Å². The van der Waals surface area contributed by atoms with Gasteiger partial charge in [0.15, 0.2) is 11.8 Å². The summed E-state index contributed by atoms with van der Waals surface area (Å²) in [4.78, 5) is 4.25. The summed E-state index contributed by atoms with van der Waals surface area (Å²) in [6.07, 6.45) is 2.53. The normalized spacial score (nSPS) is 16.3. The van der Waals surface area contributed by atoms with Gasteiger partial charge in [-0.05, 0) is 25.7 Å². The summed E-state index contributed by atoms with van der Waals surface area (Å²) in [6, 6.07) is 0.326. The highest BCUT2D eigenvalue weighted by atomic mass is 127. The quantitative estimate of drug-likeness (QED) is 0.415. The average molecular weight is 408 g/mol. The predicted octanol–water partition coefficient (Wildman–Crippen LogP) is 0.832. The number of nitrogens with one attached hydrogen (secondary N) is 2. The minimum Gasteiger partial charge on any atom is -0.383 e. The van der Waals surface area contributed by atoms with Crippen molar-refractivity contribution in [1.82, 2.24) is 25.4 Å². The Hall–Kier alpha value is -0.900. The van der Waals surface area contributed by atoms with E-state index in [2.05, 4.69) is 25.8 Å². The Morgan fingerprint density at radius 1 is 1.48 bits per heavy atom. The highest BCUT2D eigenvalue weighted by Gasteiger charge is 2.31. The Bertz CT molecular complexity index is 471. The predicted molar refractivity (Wildman–Crippen MR) is 92.9 cm³/mol. The van der Waals surface area contributed by atoms with Crippen molar-refractivity contribution >= 4 is 29.9 Å². The third-order valence-corrected chi connectivity index (χ3v) is 3.68. The molecule has 1 heterocycles. The molecule has 7 nitrogen and oxygen atoms in total. The lowest BCUT2D eigenvalue weighted by Crippen LogP contribution is -2.46. The largest absolute Gasteiger partial charge is 0.383 e. The minimum atomic E-state index is 0. The third kappa shape index (κ3) is 5.10. The maximum Gasteiger partial charge on any atom is 0.191 e. The van der Waals surface area contributed by atoms with E-state index in [0.29, 0.717) is 25.1 Å². The van der Waals surface area contributed by atoms with Gasteiger partial charge in [0.05, 0.1) is 19.2 Å². The van der Waals surface area contributed by atoms with Crippen LogP contribution in [0.2, 0.25) is 0 Å². The number of aryl methyl sites for hydroxylation is 1. The fourth-order valence-electron chi connectivity index (χ4n) is 2.11. The Morgan fingerprint density at radius 3 is 2.67 bits per heavy atom. The third-order valence-electron chi connectivity index (χ3n) is 3.68. The molecular weight excluding hydrogens is 383 g/mol. The van der Waals surface area contributed by atoms with Crippen molar-refractivity contribution in [2.45, 2.75) is 32.4 Å². The summed E-state index contributed by atoms with van der Waals surface area (Å²) < 4.78 is 7.23. The monoisotopic (exact) mass is 408 g/mol. The van der Waals surface area contributed by atoms with Crippen molar-refractivity contribution in [3.8, 4) is 0 Å². The zero-order valence-electron chi connectivity index (χ0n) is 13.1. The number of rotatable bonds is 6. The van der Waals surface area contributed by atoms with Crippen molar-refractivity contribution in [1.29, 1.82) is 0 Å². The summed E-state index contributed by atoms with van der Waals surface area (Å²) in [7, 11) is 5.46. The molecule has 1 unspecified atom stereocenters. The fraction of sp³-hybridized carbons (Fsp3) is 0.769. The summed E-state index contributed by atoms with van der Waals surface area (Å²) >= 11 is 0. The molecule has 1 aromatic rings. The SMILES string of the molecule is CN=C(NCc1nnc(C)n1C)NC(COC)C1CC1.I. The molecule has 2 rings (SSSR count). The first-order chi connectivity index (χ1) is 9.65. The van der Waals surface area contributed by atoms with Crippen molar-refractivity contribution in [2.75, 3.05) is 20.8 Å². The van der Waals surface area contributed by atoms with Crippen LogP contribution in [0.4, 0.5) is 0 Å². The van der Waals surface area contributed by atoms with E-state index < -0.39 is 0 Å². The molecule has 8 heteroatoms. The van der Waals surface area contributed by atoms with Gasteiger partial charge in [0.25, 0.3) is 0 Å². The Kier molecular flexibility index (Phi) is 7.36. The van der Waals surface area contributed by atoms with Gasteiger partial charge in [0.2, 0.25) is 0 Å². The highest BCUT2D eigenvalue weighted by Crippen LogP contribution is 2.32. The van der Waals surface area contributed by atoms with Crippen LogP contribution in [0.1, 0.15) is 24.5 Å². The van der Waals surface area contributed by atoms with E-state index in [-0.39, 0.29) is 24.0 Å². The molecular formula is C13H25IN6O. The molecule has 0 bridgehead atoms. The molecule has 1 aliphatic rings. The Balaban J connectivity index is 0.00000220. The minimum absolute atomic E-state index is 0. The zero-order valence-corrected chi connectivity index (χ0v) is 15.4.